The Hall–Kier alpha value is -1.67. The maximum atomic E-state index is 8.68. The van der Waals surface area contributed by atoms with Gasteiger partial charge in [-0.25, -0.2) is 9.97 Å². The first-order valence-corrected chi connectivity index (χ1v) is 6.87. The molecular weight excluding hydrogens is 238 g/mol. The minimum Gasteiger partial charge on any atom is -0.367 e. The van der Waals surface area contributed by atoms with Gasteiger partial charge in [0, 0.05) is 30.9 Å². The molecule has 0 atom stereocenters. The van der Waals surface area contributed by atoms with Crippen molar-refractivity contribution in [3.05, 3.63) is 18.1 Å². The summed E-state index contributed by atoms with van der Waals surface area (Å²) >= 11 is 0. The van der Waals surface area contributed by atoms with Gasteiger partial charge in [-0.05, 0) is 18.8 Å². The lowest BCUT2D eigenvalue weighted by Gasteiger charge is -2.31. The van der Waals surface area contributed by atoms with E-state index >= 15 is 0 Å². The van der Waals surface area contributed by atoms with Crippen LogP contribution < -0.4 is 5.32 Å². The van der Waals surface area contributed by atoms with Crippen molar-refractivity contribution < 1.29 is 0 Å². The molecule has 0 amide bonds. The summed E-state index contributed by atoms with van der Waals surface area (Å²) in [7, 11) is 0. The van der Waals surface area contributed by atoms with E-state index < -0.39 is 0 Å². The lowest BCUT2D eigenvalue weighted by molar-refractivity contribution is 0.242. The summed E-state index contributed by atoms with van der Waals surface area (Å²) in [5.41, 5.74) is 1.07. The lowest BCUT2D eigenvalue weighted by Crippen LogP contribution is -2.39. The number of nitrogens with one attached hydrogen (secondary N) is 1. The van der Waals surface area contributed by atoms with Gasteiger partial charge in [0.15, 0.2) is 0 Å². The van der Waals surface area contributed by atoms with Gasteiger partial charge < -0.3 is 5.32 Å². The Labute approximate surface area is 114 Å². The molecule has 2 heterocycles. The first kappa shape index (κ1) is 13.8. The molecule has 102 valence electrons. The summed E-state index contributed by atoms with van der Waals surface area (Å²) in [4.78, 5) is 10.7. The molecule has 0 bridgehead atoms. The Morgan fingerprint density at radius 2 is 2.16 bits per heavy atom. The number of likely N-dealkylation sites (tertiary alicyclic amines) is 1. The van der Waals surface area contributed by atoms with E-state index in [4.69, 9.17) is 5.26 Å². The molecule has 0 saturated carbocycles. The summed E-state index contributed by atoms with van der Waals surface area (Å²) in [6.07, 6.45) is 3.74. The van der Waals surface area contributed by atoms with Crippen LogP contribution in [0.1, 0.15) is 38.3 Å². The predicted octanol–water partition coefficient (Wildman–Crippen LogP) is 2.00. The largest absolute Gasteiger partial charge is 0.367 e. The molecule has 5 heteroatoms. The van der Waals surface area contributed by atoms with E-state index in [1.54, 1.807) is 6.33 Å². The van der Waals surface area contributed by atoms with Crippen LogP contribution in [0.4, 0.5) is 5.82 Å². The highest BCUT2D eigenvalue weighted by atomic mass is 15.1. The zero-order valence-electron chi connectivity index (χ0n) is 11.6. The van der Waals surface area contributed by atoms with Crippen molar-refractivity contribution in [3.63, 3.8) is 0 Å². The van der Waals surface area contributed by atoms with E-state index in [0.29, 0.717) is 18.5 Å². The van der Waals surface area contributed by atoms with Crippen LogP contribution in [-0.4, -0.2) is 40.5 Å². The Balaban J connectivity index is 1.89. The predicted molar refractivity (Wildman–Crippen MR) is 74.8 cm³/mol. The fourth-order valence-corrected chi connectivity index (χ4v) is 2.31. The number of piperidine rings is 1. The van der Waals surface area contributed by atoms with Gasteiger partial charge in [-0.3, -0.25) is 4.90 Å². The quantitative estimate of drug-likeness (QED) is 0.838. The molecule has 1 saturated heterocycles. The third-order valence-corrected chi connectivity index (χ3v) is 3.51. The van der Waals surface area contributed by atoms with Crippen LogP contribution in [0.2, 0.25) is 0 Å². The number of hydrogen-bond donors (Lipinski definition) is 1. The first-order valence-electron chi connectivity index (χ1n) is 6.87. The molecule has 0 aliphatic carbocycles. The number of hydrogen-bond acceptors (Lipinski definition) is 5. The van der Waals surface area contributed by atoms with Gasteiger partial charge in [0.2, 0.25) is 0 Å². The molecule has 1 aliphatic heterocycles. The lowest BCUT2D eigenvalue weighted by atomic mass is 10.0. The summed E-state index contributed by atoms with van der Waals surface area (Å²) in [6, 6.07) is 4.69. The molecule has 1 fully saturated rings. The minimum atomic E-state index is 0.418. The highest BCUT2D eigenvalue weighted by Crippen LogP contribution is 2.17. The van der Waals surface area contributed by atoms with Gasteiger partial charge >= 0.3 is 0 Å². The third-order valence-electron chi connectivity index (χ3n) is 3.51. The maximum Gasteiger partial charge on any atom is 0.129 e. The van der Waals surface area contributed by atoms with Gasteiger partial charge in [0.1, 0.15) is 12.1 Å². The van der Waals surface area contributed by atoms with Crippen molar-refractivity contribution in [3.8, 4) is 6.07 Å². The van der Waals surface area contributed by atoms with Crippen LogP contribution in [0.3, 0.4) is 0 Å². The van der Waals surface area contributed by atoms with Gasteiger partial charge in [0.25, 0.3) is 0 Å². The monoisotopic (exact) mass is 259 g/mol. The second-order valence-corrected chi connectivity index (χ2v) is 5.34. The van der Waals surface area contributed by atoms with E-state index in [1.807, 2.05) is 6.07 Å². The fourth-order valence-electron chi connectivity index (χ4n) is 2.31. The topological polar surface area (TPSA) is 64.8 Å². The van der Waals surface area contributed by atoms with Crippen molar-refractivity contribution in [1.29, 1.82) is 5.26 Å². The first-order chi connectivity index (χ1) is 9.19. The number of anilines is 1. The van der Waals surface area contributed by atoms with Crippen LogP contribution in [0.25, 0.3) is 0 Å². The van der Waals surface area contributed by atoms with Crippen LogP contribution in [-0.2, 0) is 0 Å². The molecule has 2 rings (SSSR count). The van der Waals surface area contributed by atoms with Gasteiger partial charge in [-0.2, -0.15) is 5.26 Å². The summed E-state index contributed by atoms with van der Waals surface area (Å²) in [6.45, 7) is 6.76. The number of aromatic nitrogens is 2. The van der Waals surface area contributed by atoms with Crippen molar-refractivity contribution in [1.82, 2.24) is 14.9 Å². The normalized spacial score (nSPS) is 17.4. The molecule has 19 heavy (non-hydrogen) atoms. The number of rotatable bonds is 4. The smallest absolute Gasteiger partial charge is 0.129 e. The molecular formula is C14H21N5. The number of nitriles is 1. The van der Waals surface area contributed by atoms with Crippen molar-refractivity contribution in [2.75, 3.05) is 25.0 Å². The zero-order valence-corrected chi connectivity index (χ0v) is 11.6. The standard InChI is InChI=1S/C14H21N5/c1-11(2)13-9-14(17-10-16-13)18-12-3-6-19(7-4-12)8-5-15/h9-12H,3-4,6-8H2,1-2H3,(H,16,17,18). The molecule has 0 spiro atoms. The van der Waals surface area contributed by atoms with E-state index in [-0.39, 0.29) is 0 Å². The number of nitrogens with zero attached hydrogens (tertiary/aromatic N) is 4. The second kappa shape index (κ2) is 6.48. The summed E-state index contributed by atoms with van der Waals surface area (Å²) in [5.74, 6) is 1.33. The Bertz CT molecular complexity index is 443. The van der Waals surface area contributed by atoms with E-state index in [1.165, 1.54) is 0 Å². The summed E-state index contributed by atoms with van der Waals surface area (Å²) < 4.78 is 0. The third kappa shape index (κ3) is 3.90. The van der Waals surface area contributed by atoms with Gasteiger partial charge in [-0.15, -0.1) is 0 Å². The molecule has 1 N–H and O–H groups in total. The van der Waals surface area contributed by atoms with Crippen LogP contribution >= 0.6 is 0 Å². The highest BCUT2D eigenvalue weighted by molar-refractivity contribution is 5.36. The van der Waals surface area contributed by atoms with Crippen molar-refractivity contribution in [2.24, 2.45) is 0 Å². The van der Waals surface area contributed by atoms with Crippen LogP contribution in [0.5, 0.6) is 0 Å². The average molecular weight is 259 g/mol. The van der Waals surface area contributed by atoms with Crippen molar-refractivity contribution >= 4 is 5.82 Å². The Morgan fingerprint density at radius 3 is 2.79 bits per heavy atom. The highest BCUT2D eigenvalue weighted by Gasteiger charge is 2.19. The second-order valence-electron chi connectivity index (χ2n) is 5.34. The maximum absolute atomic E-state index is 8.68. The van der Waals surface area contributed by atoms with Crippen LogP contribution in [0.15, 0.2) is 12.4 Å². The molecule has 0 aromatic carbocycles. The van der Waals surface area contributed by atoms with Crippen molar-refractivity contribution in [2.45, 2.75) is 38.6 Å². The minimum absolute atomic E-state index is 0.418. The fraction of sp³-hybridized carbons (Fsp3) is 0.643. The Kier molecular flexibility index (Phi) is 4.69. The molecule has 0 unspecified atom stereocenters. The van der Waals surface area contributed by atoms with E-state index in [0.717, 1.165) is 37.4 Å². The molecule has 5 nitrogen and oxygen atoms in total. The molecule has 1 aromatic heterocycles. The van der Waals surface area contributed by atoms with Crippen LogP contribution in [0, 0.1) is 11.3 Å². The summed E-state index contributed by atoms with van der Waals surface area (Å²) in [5, 5.41) is 12.2. The van der Waals surface area contributed by atoms with Gasteiger partial charge in [-0.1, -0.05) is 13.8 Å². The SMILES string of the molecule is CC(C)c1cc(NC2CCN(CC#N)CC2)ncn1. The van der Waals surface area contributed by atoms with E-state index in [2.05, 4.69) is 40.1 Å². The average Bonchev–Trinajstić information content (AvgIpc) is 2.42. The molecule has 0 radical (unpaired) electrons. The zero-order chi connectivity index (χ0) is 13.7. The van der Waals surface area contributed by atoms with Gasteiger partial charge in [0.05, 0.1) is 12.6 Å². The Morgan fingerprint density at radius 1 is 1.42 bits per heavy atom. The molecule has 1 aromatic rings. The molecule has 1 aliphatic rings. The van der Waals surface area contributed by atoms with E-state index in [9.17, 15) is 0 Å².